The van der Waals surface area contributed by atoms with Crippen LogP contribution in [0, 0.1) is 0 Å². The van der Waals surface area contributed by atoms with E-state index in [0.717, 1.165) is 27.9 Å². The first kappa shape index (κ1) is 20.7. The van der Waals surface area contributed by atoms with Gasteiger partial charge in [-0.25, -0.2) is 4.98 Å². The van der Waals surface area contributed by atoms with Crippen LogP contribution in [0.3, 0.4) is 0 Å². The molecule has 0 aliphatic carbocycles. The summed E-state index contributed by atoms with van der Waals surface area (Å²) in [6.45, 7) is 0. The second-order valence-electron chi connectivity index (χ2n) is 10.1. The minimum Gasteiger partial charge on any atom is -0.309 e. The summed E-state index contributed by atoms with van der Waals surface area (Å²) in [5.41, 5.74) is 10.1. The summed E-state index contributed by atoms with van der Waals surface area (Å²) in [5.74, 6) is 0. The third-order valence-electron chi connectivity index (χ3n) is 8.04. The van der Waals surface area contributed by atoms with Gasteiger partial charge in [0, 0.05) is 39.1 Å². The van der Waals surface area contributed by atoms with Crippen molar-refractivity contribution in [2.45, 2.75) is 0 Å². The Kier molecular flexibility index (Phi) is 4.02. The molecule has 9 aromatic rings. The van der Waals surface area contributed by atoms with E-state index in [2.05, 4.69) is 141 Å². The minimum absolute atomic E-state index is 0.957. The first-order chi connectivity index (χ1) is 19.4. The van der Waals surface area contributed by atoms with Crippen LogP contribution in [0.2, 0.25) is 0 Å². The average molecular weight is 499 g/mol. The molecular formula is C35H22N4. The minimum atomic E-state index is 0.957. The molecule has 0 unspecified atom stereocenters. The van der Waals surface area contributed by atoms with Crippen LogP contribution in [-0.4, -0.2) is 18.5 Å². The number of benzene rings is 5. The van der Waals surface area contributed by atoms with Crippen molar-refractivity contribution in [2.75, 3.05) is 0 Å². The molecule has 182 valence electrons. The molecule has 4 heteroatoms. The van der Waals surface area contributed by atoms with E-state index in [9.17, 15) is 0 Å². The van der Waals surface area contributed by atoms with E-state index in [1.807, 2.05) is 6.07 Å². The van der Waals surface area contributed by atoms with E-state index >= 15 is 0 Å². The lowest BCUT2D eigenvalue weighted by atomic mass is 10.1. The fraction of sp³-hybridized carbons (Fsp3) is 0. The number of hydrogen-bond donors (Lipinski definition) is 0. The van der Waals surface area contributed by atoms with E-state index in [1.165, 1.54) is 43.8 Å². The van der Waals surface area contributed by atoms with Gasteiger partial charge in [0.15, 0.2) is 0 Å². The number of fused-ring (bicyclic) bond motifs is 10. The molecule has 0 saturated carbocycles. The molecule has 0 aliphatic rings. The van der Waals surface area contributed by atoms with Crippen molar-refractivity contribution in [2.24, 2.45) is 0 Å². The highest BCUT2D eigenvalue weighted by molar-refractivity contribution is 6.18. The Morgan fingerprint density at radius 3 is 1.95 bits per heavy atom. The number of rotatable bonds is 2. The van der Waals surface area contributed by atoms with Crippen molar-refractivity contribution in [3.8, 4) is 11.4 Å². The number of aromatic nitrogens is 4. The summed E-state index contributed by atoms with van der Waals surface area (Å²) in [5, 5.41) is 4.93. The van der Waals surface area contributed by atoms with Crippen LogP contribution in [0.5, 0.6) is 0 Å². The number of pyridine rings is 1. The second-order valence-corrected chi connectivity index (χ2v) is 10.1. The van der Waals surface area contributed by atoms with Crippen LogP contribution in [0.4, 0.5) is 0 Å². The Bertz CT molecular complexity index is 2390. The molecule has 5 aromatic carbocycles. The summed E-state index contributed by atoms with van der Waals surface area (Å²) in [6.07, 6.45) is 2.09. The van der Waals surface area contributed by atoms with Crippen LogP contribution < -0.4 is 0 Å². The molecule has 39 heavy (non-hydrogen) atoms. The molecule has 0 radical (unpaired) electrons. The van der Waals surface area contributed by atoms with Crippen LogP contribution in [0.25, 0.3) is 71.7 Å². The predicted molar refractivity (Wildman–Crippen MR) is 161 cm³/mol. The highest BCUT2D eigenvalue weighted by Gasteiger charge is 2.19. The molecule has 9 rings (SSSR count). The maximum Gasteiger partial charge on any atom is 0.137 e. The fourth-order valence-electron chi connectivity index (χ4n) is 6.40. The van der Waals surface area contributed by atoms with Crippen LogP contribution in [-0.2, 0) is 0 Å². The quantitative estimate of drug-likeness (QED) is 0.234. The largest absolute Gasteiger partial charge is 0.309 e. The zero-order valence-corrected chi connectivity index (χ0v) is 21.0. The summed E-state index contributed by atoms with van der Waals surface area (Å²) in [7, 11) is 0. The third kappa shape index (κ3) is 2.75. The van der Waals surface area contributed by atoms with Gasteiger partial charge in [-0.3, -0.25) is 4.40 Å². The van der Waals surface area contributed by atoms with Gasteiger partial charge in [0.1, 0.15) is 11.2 Å². The maximum absolute atomic E-state index is 5.12. The van der Waals surface area contributed by atoms with Gasteiger partial charge in [0.25, 0.3) is 0 Å². The number of para-hydroxylation sites is 3. The Morgan fingerprint density at radius 1 is 0.436 bits per heavy atom. The van der Waals surface area contributed by atoms with Crippen molar-refractivity contribution in [3.05, 3.63) is 134 Å². The van der Waals surface area contributed by atoms with Crippen molar-refractivity contribution < 1.29 is 0 Å². The molecule has 4 aromatic heterocycles. The topological polar surface area (TPSA) is 27.2 Å². The van der Waals surface area contributed by atoms with Gasteiger partial charge in [-0.05, 0) is 66.7 Å². The number of nitrogens with zero attached hydrogens (tertiary/aromatic N) is 4. The highest BCUT2D eigenvalue weighted by Crippen LogP contribution is 2.39. The molecule has 0 N–H and O–H groups in total. The first-order valence-corrected chi connectivity index (χ1v) is 13.2. The van der Waals surface area contributed by atoms with Gasteiger partial charge in [-0.15, -0.1) is 0 Å². The lowest BCUT2D eigenvalue weighted by Gasteiger charge is -2.10. The summed E-state index contributed by atoms with van der Waals surface area (Å²) in [6, 6.07) is 45.5. The van der Waals surface area contributed by atoms with Crippen LogP contribution in [0.15, 0.2) is 134 Å². The zero-order valence-electron chi connectivity index (χ0n) is 21.0. The van der Waals surface area contributed by atoms with Crippen molar-refractivity contribution in [3.63, 3.8) is 0 Å². The molecular weight excluding hydrogens is 476 g/mol. The molecule has 0 bridgehead atoms. The molecule has 0 saturated heterocycles. The van der Waals surface area contributed by atoms with Crippen molar-refractivity contribution >= 4 is 60.3 Å². The van der Waals surface area contributed by atoms with E-state index in [-0.39, 0.29) is 0 Å². The molecule has 0 fully saturated rings. The normalized spacial score (nSPS) is 12.1. The second kappa shape index (κ2) is 7.59. The average Bonchev–Trinajstić information content (AvgIpc) is 3.65. The Hall–Kier alpha value is -5.35. The predicted octanol–water partition coefficient (Wildman–Crippen LogP) is 8.68. The Balaban J connectivity index is 1.43. The summed E-state index contributed by atoms with van der Waals surface area (Å²) < 4.78 is 6.93. The molecule has 4 heterocycles. The number of hydrogen-bond acceptors (Lipinski definition) is 1. The van der Waals surface area contributed by atoms with Crippen molar-refractivity contribution in [1.82, 2.24) is 18.5 Å². The van der Waals surface area contributed by atoms with Gasteiger partial charge >= 0.3 is 0 Å². The lowest BCUT2D eigenvalue weighted by molar-refractivity contribution is 1.17. The van der Waals surface area contributed by atoms with E-state index in [4.69, 9.17) is 4.98 Å². The van der Waals surface area contributed by atoms with E-state index < -0.39 is 0 Å². The molecule has 0 atom stereocenters. The monoisotopic (exact) mass is 498 g/mol. The Morgan fingerprint density at radius 2 is 1.10 bits per heavy atom. The molecule has 0 spiro atoms. The van der Waals surface area contributed by atoms with Gasteiger partial charge in [-0.2, -0.15) is 0 Å². The molecule has 0 aliphatic heterocycles. The van der Waals surface area contributed by atoms with Gasteiger partial charge in [0.2, 0.25) is 0 Å². The summed E-state index contributed by atoms with van der Waals surface area (Å²) in [4.78, 5) is 5.12. The zero-order chi connectivity index (χ0) is 25.5. The molecule has 0 amide bonds. The van der Waals surface area contributed by atoms with Gasteiger partial charge < -0.3 is 9.13 Å². The van der Waals surface area contributed by atoms with E-state index in [0.29, 0.717) is 0 Å². The fourth-order valence-corrected chi connectivity index (χ4v) is 6.40. The van der Waals surface area contributed by atoms with E-state index in [1.54, 1.807) is 0 Å². The summed E-state index contributed by atoms with van der Waals surface area (Å²) >= 11 is 0. The Labute approximate surface area is 223 Å². The molecule has 4 nitrogen and oxygen atoms in total. The smallest absolute Gasteiger partial charge is 0.137 e. The third-order valence-corrected chi connectivity index (χ3v) is 8.04. The highest BCUT2D eigenvalue weighted by atomic mass is 15.0. The van der Waals surface area contributed by atoms with Gasteiger partial charge in [-0.1, -0.05) is 60.7 Å². The first-order valence-electron chi connectivity index (χ1n) is 13.2. The van der Waals surface area contributed by atoms with Crippen molar-refractivity contribution in [1.29, 1.82) is 0 Å². The van der Waals surface area contributed by atoms with Crippen LogP contribution in [0.1, 0.15) is 0 Å². The standard InChI is InChI=1S/C35H22N4/c1-2-10-23(11-3-1)38-29-14-6-5-13-26(29)28-22-24(17-19-31(28)38)39-30-15-7-4-12-25(30)27-18-20-32-34(35(27)39)36-33-16-8-9-21-37(32)33/h1-22H. The SMILES string of the molecule is c1ccc(-n2c3ccccc3c3cc(-n4c5ccccc5c5ccc6c(nc7ccccn76)c54)ccc32)cc1. The lowest BCUT2D eigenvalue weighted by Crippen LogP contribution is -1.96. The number of imidazole rings is 1. The van der Waals surface area contributed by atoms with Gasteiger partial charge in [0.05, 0.1) is 27.6 Å². The maximum atomic E-state index is 5.12. The van der Waals surface area contributed by atoms with Crippen LogP contribution >= 0.6 is 0 Å².